The van der Waals surface area contributed by atoms with Crippen molar-refractivity contribution < 1.29 is 9.53 Å². The molecule has 0 atom stereocenters. The number of hydrogen-bond donors (Lipinski definition) is 2. The maximum atomic E-state index is 11.6. The topological polar surface area (TPSA) is 53.6 Å². The molecule has 0 spiro atoms. The van der Waals surface area contributed by atoms with E-state index in [1.165, 1.54) is 0 Å². The molecule has 0 aromatic carbocycles. The maximum Gasteiger partial charge on any atom is 0.407 e. The van der Waals surface area contributed by atoms with Crippen molar-refractivity contribution in [2.75, 3.05) is 20.6 Å². The van der Waals surface area contributed by atoms with E-state index in [0.29, 0.717) is 6.04 Å². The lowest BCUT2D eigenvalue weighted by molar-refractivity contribution is 0.0461. The van der Waals surface area contributed by atoms with Crippen LogP contribution in [0, 0.1) is 0 Å². The second-order valence-electron chi connectivity index (χ2n) is 7.60. The predicted octanol–water partition coefficient (Wildman–Crippen LogP) is 1.97. The van der Waals surface area contributed by atoms with Crippen LogP contribution in [-0.2, 0) is 4.74 Å². The average Bonchev–Trinajstić information content (AvgIpc) is 2.18. The Morgan fingerprint density at radius 1 is 1.15 bits per heavy atom. The molecule has 118 valence electrons. The molecule has 0 bridgehead atoms. The van der Waals surface area contributed by atoms with Crippen molar-refractivity contribution >= 4 is 6.09 Å². The van der Waals surface area contributed by atoms with Crippen LogP contribution < -0.4 is 10.6 Å². The summed E-state index contributed by atoms with van der Waals surface area (Å²) >= 11 is 0. The molecule has 0 heterocycles. The molecule has 1 rings (SSSR count). The Morgan fingerprint density at radius 3 is 2.15 bits per heavy atom. The maximum absolute atomic E-state index is 11.6. The first-order chi connectivity index (χ1) is 8.99. The Balaban J connectivity index is 2.19. The molecule has 20 heavy (non-hydrogen) atoms. The lowest BCUT2D eigenvalue weighted by Crippen LogP contribution is -2.57. The van der Waals surface area contributed by atoms with Gasteiger partial charge in [-0.15, -0.1) is 0 Å². The molecule has 0 saturated heterocycles. The van der Waals surface area contributed by atoms with E-state index >= 15 is 0 Å². The SMILES string of the molecule is CN(C)C(C)(C)CNC1CC(NC(=O)OC(C)(C)C)C1. The van der Waals surface area contributed by atoms with Crippen molar-refractivity contribution in [2.45, 2.75) is 70.7 Å². The molecular weight excluding hydrogens is 254 g/mol. The minimum absolute atomic E-state index is 0.143. The van der Waals surface area contributed by atoms with E-state index in [2.05, 4.69) is 43.5 Å². The summed E-state index contributed by atoms with van der Waals surface area (Å²) in [6.07, 6.45) is 1.64. The molecule has 5 nitrogen and oxygen atoms in total. The monoisotopic (exact) mass is 285 g/mol. The van der Waals surface area contributed by atoms with Crippen molar-refractivity contribution in [3.8, 4) is 0 Å². The second-order valence-corrected chi connectivity index (χ2v) is 7.60. The summed E-state index contributed by atoms with van der Waals surface area (Å²) in [4.78, 5) is 13.8. The number of likely N-dealkylation sites (N-methyl/N-ethyl adjacent to an activating group) is 1. The number of nitrogens with zero attached hydrogens (tertiary/aromatic N) is 1. The highest BCUT2D eigenvalue weighted by Crippen LogP contribution is 2.21. The summed E-state index contributed by atoms with van der Waals surface area (Å²) in [6.45, 7) is 11.0. The van der Waals surface area contributed by atoms with Gasteiger partial charge >= 0.3 is 6.09 Å². The zero-order valence-electron chi connectivity index (χ0n) is 14.0. The lowest BCUT2D eigenvalue weighted by atomic mass is 9.86. The molecule has 1 fully saturated rings. The van der Waals surface area contributed by atoms with Crippen molar-refractivity contribution in [2.24, 2.45) is 0 Å². The Labute approximate surface area is 123 Å². The van der Waals surface area contributed by atoms with Gasteiger partial charge in [0.2, 0.25) is 0 Å². The van der Waals surface area contributed by atoms with Gasteiger partial charge in [0.15, 0.2) is 0 Å². The van der Waals surface area contributed by atoms with Crippen LogP contribution in [0.4, 0.5) is 4.79 Å². The van der Waals surface area contributed by atoms with Crippen LogP contribution in [0.3, 0.4) is 0 Å². The highest BCUT2D eigenvalue weighted by atomic mass is 16.6. The number of carbonyl (C=O) groups is 1. The predicted molar refractivity (Wildman–Crippen MR) is 81.9 cm³/mol. The second kappa shape index (κ2) is 6.31. The number of amides is 1. The number of rotatable bonds is 5. The molecule has 0 unspecified atom stereocenters. The zero-order chi connectivity index (χ0) is 15.6. The first-order valence-electron chi connectivity index (χ1n) is 7.40. The van der Waals surface area contributed by atoms with E-state index in [-0.39, 0.29) is 17.7 Å². The molecule has 5 heteroatoms. The summed E-state index contributed by atoms with van der Waals surface area (Å²) in [7, 11) is 4.19. The van der Waals surface area contributed by atoms with Gasteiger partial charge in [0.25, 0.3) is 0 Å². The normalized spacial score (nSPS) is 23.4. The van der Waals surface area contributed by atoms with Crippen LogP contribution in [0.5, 0.6) is 0 Å². The Hall–Kier alpha value is -0.810. The van der Waals surface area contributed by atoms with Gasteiger partial charge in [-0.2, -0.15) is 0 Å². The van der Waals surface area contributed by atoms with E-state index in [4.69, 9.17) is 4.74 Å². The lowest BCUT2D eigenvalue weighted by Gasteiger charge is -2.40. The molecule has 1 aliphatic carbocycles. The molecule has 0 aliphatic heterocycles. The fraction of sp³-hybridized carbons (Fsp3) is 0.933. The van der Waals surface area contributed by atoms with E-state index in [1.54, 1.807) is 0 Å². The molecule has 2 N–H and O–H groups in total. The van der Waals surface area contributed by atoms with Gasteiger partial charge in [-0.3, -0.25) is 0 Å². The number of ether oxygens (including phenoxy) is 1. The van der Waals surface area contributed by atoms with Crippen LogP contribution in [0.15, 0.2) is 0 Å². The highest BCUT2D eigenvalue weighted by molar-refractivity contribution is 5.68. The van der Waals surface area contributed by atoms with Gasteiger partial charge in [-0.25, -0.2) is 4.79 Å². The first kappa shape index (κ1) is 17.2. The summed E-state index contributed by atoms with van der Waals surface area (Å²) < 4.78 is 5.25. The van der Waals surface area contributed by atoms with E-state index < -0.39 is 5.60 Å². The third-order valence-corrected chi connectivity index (χ3v) is 3.89. The van der Waals surface area contributed by atoms with Crippen molar-refractivity contribution in [3.63, 3.8) is 0 Å². The molecule has 0 aromatic rings. The van der Waals surface area contributed by atoms with Crippen LogP contribution in [-0.4, -0.2) is 54.9 Å². The Bertz CT molecular complexity index is 329. The van der Waals surface area contributed by atoms with Gasteiger partial charge in [-0.1, -0.05) is 0 Å². The minimum Gasteiger partial charge on any atom is -0.444 e. The molecule has 0 aromatic heterocycles. The van der Waals surface area contributed by atoms with Gasteiger partial charge in [0.05, 0.1) is 0 Å². The molecule has 0 radical (unpaired) electrons. The largest absolute Gasteiger partial charge is 0.444 e. The Kier molecular flexibility index (Phi) is 5.44. The minimum atomic E-state index is -0.429. The number of alkyl carbamates (subject to hydrolysis) is 1. The van der Waals surface area contributed by atoms with Gasteiger partial charge in [0.1, 0.15) is 5.60 Å². The highest BCUT2D eigenvalue weighted by Gasteiger charge is 2.32. The fourth-order valence-corrected chi connectivity index (χ4v) is 1.93. The molecule has 1 saturated carbocycles. The Morgan fingerprint density at radius 2 is 1.70 bits per heavy atom. The van der Waals surface area contributed by atoms with Crippen LogP contribution in [0.2, 0.25) is 0 Å². The average molecular weight is 285 g/mol. The first-order valence-corrected chi connectivity index (χ1v) is 7.40. The third kappa shape index (κ3) is 5.67. The smallest absolute Gasteiger partial charge is 0.407 e. The number of carbonyl (C=O) groups excluding carboxylic acids is 1. The van der Waals surface area contributed by atoms with Crippen LogP contribution in [0.1, 0.15) is 47.5 Å². The van der Waals surface area contributed by atoms with Gasteiger partial charge in [0, 0.05) is 24.2 Å². The quantitative estimate of drug-likeness (QED) is 0.811. The zero-order valence-corrected chi connectivity index (χ0v) is 14.0. The van der Waals surface area contributed by atoms with Crippen molar-refractivity contribution in [1.29, 1.82) is 0 Å². The summed E-state index contributed by atoms with van der Waals surface area (Å²) in [6, 6.07) is 0.735. The molecular formula is C15H31N3O2. The number of nitrogens with one attached hydrogen (secondary N) is 2. The van der Waals surface area contributed by atoms with Crippen LogP contribution in [0.25, 0.3) is 0 Å². The third-order valence-electron chi connectivity index (χ3n) is 3.89. The standard InChI is InChI=1S/C15H31N3O2/c1-14(2,3)20-13(19)17-12-8-11(9-12)16-10-15(4,5)18(6)7/h11-12,16H,8-10H2,1-7H3,(H,17,19). The number of hydrogen-bond acceptors (Lipinski definition) is 4. The van der Waals surface area contributed by atoms with Gasteiger partial charge < -0.3 is 20.3 Å². The van der Waals surface area contributed by atoms with E-state index in [9.17, 15) is 4.79 Å². The summed E-state index contributed by atoms with van der Waals surface area (Å²) in [5.41, 5.74) is -0.287. The van der Waals surface area contributed by atoms with Gasteiger partial charge in [-0.05, 0) is 61.6 Å². The fourth-order valence-electron chi connectivity index (χ4n) is 1.93. The van der Waals surface area contributed by atoms with E-state index in [0.717, 1.165) is 19.4 Å². The van der Waals surface area contributed by atoms with E-state index in [1.807, 2.05) is 20.8 Å². The molecule has 1 aliphatic rings. The summed E-state index contributed by atoms with van der Waals surface area (Å²) in [5, 5.41) is 6.47. The molecule has 1 amide bonds. The summed E-state index contributed by atoms with van der Waals surface area (Å²) in [5.74, 6) is 0. The van der Waals surface area contributed by atoms with Crippen molar-refractivity contribution in [1.82, 2.24) is 15.5 Å². The van der Waals surface area contributed by atoms with Crippen LogP contribution >= 0.6 is 0 Å². The van der Waals surface area contributed by atoms with Crippen molar-refractivity contribution in [3.05, 3.63) is 0 Å².